The largest absolute Gasteiger partial charge is 0.416 e. The third kappa shape index (κ3) is 13.6. The van der Waals surface area contributed by atoms with Crippen molar-refractivity contribution in [2.24, 2.45) is 0 Å². The number of thiazole rings is 1. The van der Waals surface area contributed by atoms with Crippen molar-refractivity contribution in [3.63, 3.8) is 0 Å². The van der Waals surface area contributed by atoms with Crippen molar-refractivity contribution in [3.05, 3.63) is 164 Å². The lowest BCUT2D eigenvalue weighted by Crippen LogP contribution is -2.75. The maximum absolute atomic E-state index is 14.2. The summed E-state index contributed by atoms with van der Waals surface area (Å²) in [6.45, 7) is 0.771. The number of rotatable bonds is 7. The first-order valence-electron chi connectivity index (χ1n) is 19.4. The summed E-state index contributed by atoms with van der Waals surface area (Å²) in [6.07, 6.45) is -51.6. The van der Waals surface area contributed by atoms with Crippen molar-refractivity contribution < 1.29 is 118 Å². The molecule has 0 unspecified atom stereocenters. The maximum Gasteiger partial charge on any atom is 0.416 e. The molecule has 0 saturated heterocycles. The standard InChI is InChI=1S/C32H12BF24.C11H12NO2S2/c34-25(35,36)13-1-14(26(37,38)39)6-21(5-13)33(22-7-15(27(40,41)42)2-16(8-22)28(43,44)45,23-9-17(29(46,47)48)3-18(10-23)30(49,50)51)24-11-19(31(52,53)54)4-20(12-24)32(55,56)57;1-16(13,14)11-4-2-10(3-5-11)8-12-6-7-15-9-12/h1-12H;2-7,9H,8H2,1H3/q-1;+1. The van der Waals surface area contributed by atoms with Gasteiger partial charge < -0.3 is 0 Å². The van der Waals surface area contributed by atoms with Crippen LogP contribution in [0.4, 0.5) is 105 Å². The second-order valence-corrected chi connectivity index (χ2v) is 18.6. The predicted molar refractivity (Wildman–Crippen MR) is 213 cm³/mol. The Labute approximate surface area is 398 Å². The molecule has 0 aliphatic carbocycles. The average molecular weight is 1120 g/mol. The number of halogens is 24. The Balaban J connectivity index is 0.000000520. The number of alkyl halides is 24. The molecule has 0 atom stereocenters. The lowest BCUT2D eigenvalue weighted by Gasteiger charge is -2.46. The second kappa shape index (κ2) is 19.4. The van der Waals surface area contributed by atoms with Gasteiger partial charge >= 0.3 is 49.4 Å². The first-order chi connectivity index (χ1) is 32.8. The molecule has 0 fully saturated rings. The SMILES string of the molecule is CS(=O)(=O)c1ccc(C[n+]2ccsc2)cc1.FC(F)(F)c1cc([B-](c2cc(C(F)(F)F)cc(C(F)(F)F)c2)(c2cc(C(F)(F)F)cc(C(F)(F)F)c2)c2cc(C(F)(F)F)cc(C(F)(F)F)c2)cc(C(F)(F)F)c1. The van der Waals surface area contributed by atoms with Gasteiger partial charge in [-0.1, -0.05) is 72.0 Å². The van der Waals surface area contributed by atoms with E-state index in [0.717, 1.165) is 12.1 Å². The highest BCUT2D eigenvalue weighted by Gasteiger charge is 2.47. The highest BCUT2D eigenvalue weighted by Crippen LogP contribution is 2.41. The minimum atomic E-state index is -6.13. The van der Waals surface area contributed by atoms with E-state index < -0.39 is 205 Å². The van der Waals surface area contributed by atoms with E-state index in [0.29, 0.717) is 4.90 Å². The van der Waals surface area contributed by atoms with Crippen LogP contribution in [0.25, 0.3) is 0 Å². The van der Waals surface area contributed by atoms with Crippen LogP contribution in [-0.4, -0.2) is 20.8 Å². The minimum Gasteiger partial charge on any atom is -0.224 e. The summed E-state index contributed by atoms with van der Waals surface area (Å²) < 4.78 is 365. The van der Waals surface area contributed by atoms with E-state index >= 15 is 0 Å². The van der Waals surface area contributed by atoms with E-state index in [1.807, 2.05) is 29.2 Å². The van der Waals surface area contributed by atoms with Gasteiger partial charge in [0.15, 0.2) is 22.6 Å². The molecule has 0 bridgehead atoms. The second-order valence-electron chi connectivity index (χ2n) is 15.8. The summed E-state index contributed by atoms with van der Waals surface area (Å²) >= 11 is 1.63. The topological polar surface area (TPSA) is 38.0 Å². The molecule has 0 aliphatic rings. The minimum absolute atomic E-state index is 0.367. The summed E-state index contributed by atoms with van der Waals surface area (Å²) in [5.74, 6) is 0. The number of benzene rings is 5. The Morgan fingerprint density at radius 2 is 0.630 bits per heavy atom. The van der Waals surface area contributed by atoms with Crippen molar-refractivity contribution in [2.45, 2.75) is 60.9 Å². The van der Waals surface area contributed by atoms with E-state index in [-0.39, 0.29) is 0 Å². The molecule has 1 aromatic heterocycles. The molecule has 5 aromatic carbocycles. The van der Waals surface area contributed by atoms with Gasteiger partial charge in [0.1, 0.15) is 6.15 Å². The Hall–Kier alpha value is -5.94. The molecule has 0 N–H and O–H groups in total. The van der Waals surface area contributed by atoms with Crippen LogP contribution in [0, 0.1) is 0 Å². The number of aromatic nitrogens is 1. The third-order valence-electron chi connectivity index (χ3n) is 10.7. The van der Waals surface area contributed by atoms with Crippen LogP contribution in [0.3, 0.4) is 0 Å². The first-order valence-corrected chi connectivity index (χ1v) is 22.2. The fourth-order valence-electron chi connectivity index (χ4n) is 7.48. The van der Waals surface area contributed by atoms with Gasteiger partial charge in [0.05, 0.1) is 54.8 Å². The fraction of sp³-hybridized carbons (Fsp3) is 0.233. The Morgan fingerprint density at radius 1 is 0.397 bits per heavy atom. The average Bonchev–Trinajstić information content (AvgIpc) is 3.74. The van der Waals surface area contributed by atoms with Crippen molar-refractivity contribution in [1.82, 2.24) is 0 Å². The Bertz CT molecular complexity index is 2620. The number of nitrogens with zero attached hydrogens (tertiary/aromatic N) is 1. The van der Waals surface area contributed by atoms with Crippen LogP contribution >= 0.6 is 11.3 Å². The van der Waals surface area contributed by atoms with Crippen molar-refractivity contribution in [3.8, 4) is 0 Å². The van der Waals surface area contributed by atoms with Gasteiger partial charge in [-0.3, -0.25) is 0 Å². The molecular formula is C43H24BF24NO2S2. The Morgan fingerprint density at radius 3 is 0.808 bits per heavy atom. The molecule has 1 heterocycles. The first kappa shape index (κ1) is 58.0. The highest BCUT2D eigenvalue weighted by atomic mass is 32.2. The molecule has 3 nitrogen and oxygen atoms in total. The van der Waals surface area contributed by atoms with E-state index in [2.05, 4.69) is 4.57 Å². The van der Waals surface area contributed by atoms with Gasteiger partial charge in [0, 0.05) is 11.8 Å². The van der Waals surface area contributed by atoms with Gasteiger partial charge in [0.25, 0.3) is 0 Å². The number of sulfone groups is 1. The summed E-state index contributed by atoms with van der Waals surface area (Å²) in [5, 5.41) is 2.00. The highest BCUT2D eigenvalue weighted by molar-refractivity contribution is 7.90. The molecule has 396 valence electrons. The lowest BCUT2D eigenvalue weighted by atomic mass is 9.12. The van der Waals surface area contributed by atoms with Gasteiger partial charge in [-0.15, -0.1) is 0 Å². The van der Waals surface area contributed by atoms with Crippen molar-refractivity contribution >= 4 is 49.2 Å². The normalized spacial score (nSPS) is 13.7. The monoisotopic (exact) mass is 1120 g/mol. The van der Waals surface area contributed by atoms with Crippen molar-refractivity contribution in [1.29, 1.82) is 0 Å². The molecule has 30 heteroatoms. The number of hydrogen-bond acceptors (Lipinski definition) is 3. The molecule has 0 amide bonds. The van der Waals surface area contributed by atoms with Crippen LogP contribution in [0.1, 0.15) is 50.1 Å². The van der Waals surface area contributed by atoms with E-state index in [1.54, 1.807) is 23.5 Å². The molecule has 0 radical (unpaired) electrons. The van der Waals surface area contributed by atoms with E-state index in [4.69, 9.17) is 0 Å². The fourth-order valence-corrected chi connectivity index (χ4v) is 8.70. The molecule has 0 spiro atoms. The molecule has 6 aromatic rings. The van der Waals surface area contributed by atoms with Crippen LogP contribution in [0.5, 0.6) is 0 Å². The molecule has 0 saturated carbocycles. The quantitative estimate of drug-likeness (QED) is 0.0908. The van der Waals surface area contributed by atoms with Gasteiger partial charge in [-0.25, -0.2) is 8.42 Å². The van der Waals surface area contributed by atoms with Crippen molar-refractivity contribution in [2.75, 3.05) is 6.26 Å². The smallest absolute Gasteiger partial charge is 0.224 e. The zero-order valence-electron chi connectivity index (χ0n) is 35.4. The summed E-state index contributed by atoms with van der Waals surface area (Å²) in [7, 11) is -3.09. The number of hydrogen-bond donors (Lipinski definition) is 0. The predicted octanol–water partition coefficient (Wildman–Crippen LogP) is 12.7. The van der Waals surface area contributed by atoms with Crippen LogP contribution in [0.15, 0.2) is 119 Å². The molecule has 6 rings (SSSR count). The van der Waals surface area contributed by atoms with Crippen LogP contribution in [0.2, 0.25) is 0 Å². The van der Waals surface area contributed by atoms with Crippen LogP contribution < -0.4 is 26.4 Å². The summed E-state index contributed by atoms with van der Waals surface area (Å²) in [4.78, 5) is 0.367. The maximum atomic E-state index is 14.2. The molecule has 73 heavy (non-hydrogen) atoms. The molecule has 0 aliphatic heterocycles. The van der Waals surface area contributed by atoms with Gasteiger partial charge in [-0.2, -0.15) is 132 Å². The molecular weight excluding hydrogens is 1090 g/mol. The van der Waals surface area contributed by atoms with Gasteiger partial charge in [0.2, 0.25) is 5.51 Å². The van der Waals surface area contributed by atoms with E-state index in [1.165, 1.54) is 6.26 Å². The Kier molecular flexibility index (Phi) is 15.4. The van der Waals surface area contributed by atoms with Gasteiger partial charge in [-0.05, 0) is 36.4 Å². The third-order valence-corrected chi connectivity index (χ3v) is 12.5. The van der Waals surface area contributed by atoms with Crippen LogP contribution in [-0.2, 0) is 65.8 Å². The summed E-state index contributed by atoms with van der Waals surface area (Å²) in [5.41, 5.74) is -27.1. The zero-order chi connectivity index (χ0) is 55.5. The summed E-state index contributed by atoms with van der Waals surface area (Å²) in [6, 6.07) is -1.81. The van der Waals surface area contributed by atoms with E-state index in [9.17, 15) is 114 Å². The zero-order valence-corrected chi connectivity index (χ0v) is 37.0. The lowest BCUT2D eigenvalue weighted by molar-refractivity contribution is -0.683.